The molecule has 2 aliphatic heterocycles. The molecule has 3 nitrogen and oxygen atoms in total. The van der Waals surface area contributed by atoms with Gasteiger partial charge in [-0.25, -0.2) is 0 Å². The van der Waals surface area contributed by atoms with Gasteiger partial charge in [0.1, 0.15) is 5.69 Å². The number of nitrogens with zero attached hydrogens (tertiary/aromatic N) is 2. The number of allylic oxidation sites excluding steroid dienone is 3. The van der Waals surface area contributed by atoms with Crippen molar-refractivity contribution >= 4 is 22.7 Å². The van der Waals surface area contributed by atoms with Crippen molar-refractivity contribution in [1.29, 1.82) is 0 Å². The minimum absolute atomic E-state index is 0.132. The zero-order valence-corrected chi connectivity index (χ0v) is 16.3. The van der Waals surface area contributed by atoms with Crippen LogP contribution in [-0.4, -0.2) is 29.4 Å². The van der Waals surface area contributed by atoms with Gasteiger partial charge in [0.25, 0.3) is 0 Å². The minimum atomic E-state index is -0.691. The molecule has 1 saturated heterocycles. The maximum Gasteiger partial charge on any atom is 0.223 e. The van der Waals surface area contributed by atoms with Gasteiger partial charge in [-0.1, -0.05) is 49.1 Å². The normalized spacial score (nSPS) is 28.6. The van der Waals surface area contributed by atoms with Crippen LogP contribution in [0.2, 0.25) is 0 Å². The van der Waals surface area contributed by atoms with Crippen molar-refractivity contribution in [2.75, 3.05) is 7.05 Å². The molecule has 3 aliphatic rings. The van der Waals surface area contributed by atoms with Crippen LogP contribution in [0.4, 0.5) is 5.69 Å². The highest BCUT2D eigenvalue weighted by Gasteiger charge is 2.61. The number of aliphatic imine (C=N–C) groups is 1. The van der Waals surface area contributed by atoms with E-state index in [1.165, 1.54) is 16.5 Å². The molecule has 0 saturated carbocycles. The zero-order chi connectivity index (χ0) is 19.0. The van der Waals surface area contributed by atoms with Crippen LogP contribution >= 0.6 is 0 Å². The fraction of sp³-hybridized carbons (Fsp3) is 0.292. The minimum Gasteiger partial charge on any atom is -0.460 e. The van der Waals surface area contributed by atoms with Crippen molar-refractivity contribution in [1.82, 2.24) is 4.90 Å². The first-order chi connectivity index (χ1) is 12.9. The lowest BCUT2D eigenvalue weighted by Gasteiger charge is -2.41. The van der Waals surface area contributed by atoms with Crippen LogP contribution < -0.4 is 4.74 Å². The molecule has 2 unspecified atom stereocenters. The van der Waals surface area contributed by atoms with Gasteiger partial charge in [0, 0.05) is 22.4 Å². The number of hydrogen-bond acceptors (Lipinski definition) is 3. The molecule has 5 rings (SSSR count). The lowest BCUT2D eigenvalue weighted by atomic mass is 9.75. The second kappa shape index (κ2) is 5.20. The molecule has 27 heavy (non-hydrogen) atoms. The lowest BCUT2D eigenvalue weighted by molar-refractivity contribution is 0.000369. The standard InChI is InChI=1S/C24H24N2O/c1-15-10-11-16(2)21-20(15)23(3,4)26(5)24(21)14-25-19-13-12-17-8-6-7-9-18(17)22(19)27-24/h6-14,20H,1H2,2-5H3. The number of rotatable bonds is 0. The number of likely N-dealkylation sites (N-methyl/N-ethyl adjacent to an activating group) is 1. The highest BCUT2D eigenvalue weighted by atomic mass is 16.5. The molecular weight excluding hydrogens is 332 g/mol. The first-order valence-corrected chi connectivity index (χ1v) is 9.44. The quantitative estimate of drug-likeness (QED) is 0.630. The third-order valence-corrected chi connectivity index (χ3v) is 6.58. The average Bonchev–Trinajstić information content (AvgIpc) is 2.84. The summed E-state index contributed by atoms with van der Waals surface area (Å²) in [7, 11) is 2.13. The van der Waals surface area contributed by atoms with Crippen molar-refractivity contribution in [2.24, 2.45) is 10.9 Å². The van der Waals surface area contributed by atoms with E-state index in [-0.39, 0.29) is 11.5 Å². The summed E-state index contributed by atoms with van der Waals surface area (Å²) in [5.74, 6) is 1.06. The Balaban J connectivity index is 1.78. The maximum absolute atomic E-state index is 6.87. The van der Waals surface area contributed by atoms with Gasteiger partial charge in [0.15, 0.2) is 5.75 Å². The number of ether oxygens (including phenoxy) is 1. The summed E-state index contributed by atoms with van der Waals surface area (Å²) in [5, 5.41) is 2.27. The predicted molar refractivity (Wildman–Crippen MR) is 112 cm³/mol. The number of benzene rings is 2. The summed E-state index contributed by atoms with van der Waals surface area (Å²) in [6, 6.07) is 12.5. The van der Waals surface area contributed by atoms with Crippen LogP contribution in [0.1, 0.15) is 20.8 Å². The third kappa shape index (κ3) is 1.98. The summed E-state index contributed by atoms with van der Waals surface area (Å²) in [4.78, 5) is 7.18. The first-order valence-electron chi connectivity index (χ1n) is 9.44. The molecule has 0 N–H and O–H groups in total. The first kappa shape index (κ1) is 16.5. The Hall–Kier alpha value is -2.65. The molecule has 1 aliphatic carbocycles. The zero-order valence-electron chi connectivity index (χ0n) is 16.3. The predicted octanol–water partition coefficient (Wildman–Crippen LogP) is 5.41. The van der Waals surface area contributed by atoms with Crippen molar-refractivity contribution in [2.45, 2.75) is 32.0 Å². The van der Waals surface area contributed by atoms with Crippen LogP contribution in [0, 0.1) is 5.92 Å². The van der Waals surface area contributed by atoms with E-state index in [4.69, 9.17) is 9.73 Å². The third-order valence-electron chi connectivity index (χ3n) is 6.58. The smallest absolute Gasteiger partial charge is 0.223 e. The summed E-state index contributed by atoms with van der Waals surface area (Å²) >= 11 is 0. The van der Waals surface area contributed by atoms with E-state index >= 15 is 0 Å². The van der Waals surface area contributed by atoms with Gasteiger partial charge < -0.3 is 4.74 Å². The Bertz CT molecular complexity index is 1090. The van der Waals surface area contributed by atoms with E-state index in [9.17, 15) is 0 Å². The molecule has 2 atom stereocenters. The average molecular weight is 356 g/mol. The van der Waals surface area contributed by atoms with Crippen molar-refractivity contribution in [3.63, 3.8) is 0 Å². The molecule has 2 heterocycles. The van der Waals surface area contributed by atoms with Gasteiger partial charge >= 0.3 is 0 Å². The summed E-state index contributed by atoms with van der Waals surface area (Å²) in [5.41, 5.74) is 3.68. The van der Waals surface area contributed by atoms with Crippen LogP contribution in [0.5, 0.6) is 5.75 Å². The molecule has 136 valence electrons. The molecule has 0 aromatic heterocycles. The summed E-state index contributed by atoms with van der Waals surface area (Å²) < 4.78 is 6.87. The topological polar surface area (TPSA) is 24.8 Å². The Morgan fingerprint density at radius 1 is 1.11 bits per heavy atom. The second-order valence-corrected chi connectivity index (χ2v) is 8.34. The second-order valence-electron chi connectivity index (χ2n) is 8.34. The molecule has 2 aromatic rings. The van der Waals surface area contributed by atoms with Gasteiger partial charge in [0.05, 0.1) is 6.21 Å². The van der Waals surface area contributed by atoms with Crippen molar-refractivity contribution < 1.29 is 4.74 Å². The number of hydrogen-bond donors (Lipinski definition) is 0. The monoisotopic (exact) mass is 356 g/mol. The van der Waals surface area contributed by atoms with E-state index in [1.54, 1.807) is 0 Å². The summed E-state index contributed by atoms with van der Waals surface area (Å²) in [6.07, 6.45) is 6.28. The van der Waals surface area contributed by atoms with E-state index < -0.39 is 5.72 Å². The molecule has 3 heteroatoms. The number of fused-ring (bicyclic) bond motifs is 5. The lowest BCUT2D eigenvalue weighted by Crippen LogP contribution is -2.55. The Morgan fingerprint density at radius 3 is 2.70 bits per heavy atom. The SMILES string of the molecule is C=C1C=CC(C)=C2C1C(C)(C)N(C)C21C=Nc2ccc3ccccc3c2O1. The molecule has 1 fully saturated rings. The highest BCUT2D eigenvalue weighted by Crippen LogP contribution is 2.56. The fourth-order valence-corrected chi connectivity index (χ4v) is 4.99. The Morgan fingerprint density at radius 2 is 1.89 bits per heavy atom. The highest BCUT2D eigenvalue weighted by molar-refractivity contribution is 5.96. The molecule has 2 aromatic carbocycles. The van der Waals surface area contributed by atoms with E-state index in [0.717, 1.165) is 22.4 Å². The van der Waals surface area contributed by atoms with Gasteiger partial charge in [-0.05, 0) is 50.4 Å². The molecule has 0 bridgehead atoms. The van der Waals surface area contributed by atoms with Crippen molar-refractivity contribution in [3.8, 4) is 5.75 Å². The van der Waals surface area contributed by atoms with E-state index in [0.29, 0.717) is 0 Å². The van der Waals surface area contributed by atoms with Gasteiger partial charge in [-0.2, -0.15) is 0 Å². The fourth-order valence-electron chi connectivity index (χ4n) is 4.99. The van der Waals surface area contributed by atoms with Gasteiger partial charge in [0.2, 0.25) is 5.72 Å². The largest absolute Gasteiger partial charge is 0.460 e. The van der Waals surface area contributed by atoms with E-state index in [1.807, 2.05) is 12.3 Å². The number of likely N-dealkylation sites (tertiary alicyclic amines) is 1. The van der Waals surface area contributed by atoms with Crippen LogP contribution in [0.25, 0.3) is 10.8 Å². The van der Waals surface area contributed by atoms with Crippen LogP contribution in [0.15, 0.2) is 76.8 Å². The maximum atomic E-state index is 6.87. The Kier molecular flexibility index (Phi) is 3.18. The molecule has 0 radical (unpaired) electrons. The van der Waals surface area contributed by atoms with Crippen LogP contribution in [-0.2, 0) is 0 Å². The van der Waals surface area contributed by atoms with Crippen LogP contribution in [0.3, 0.4) is 0 Å². The van der Waals surface area contributed by atoms with Gasteiger partial charge in [-0.3, -0.25) is 9.89 Å². The Labute approximate surface area is 160 Å². The molecular formula is C24H24N2O. The molecule has 0 amide bonds. The van der Waals surface area contributed by atoms with Crippen molar-refractivity contribution in [3.05, 3.63) is 71.8 Å². The summed E-state index contributed by atoms with van der Waals surface area (Å²) in [6.45, 7) is 11.0. The van der Waals surface area contributed by atoms with E-state index in [2.05, 4.69) is 81.8 Å². The van der Waals surface area contributed by atoms with Gasteiger partial charge in [-0.15, -0.1) is 0 Å². The molecule has 1 spiro atoms.